The number of carbonyl (C=O) groups excluding carboxylic acids is 5. The van der Waals surface area contributed by atoms with Gasteiger partial charge < -0.3 is 26.3 Å². The van der Waals surface area contributed by atoms with Crippen molar-refractivity contribution in [3.05, 3.63) is 69.8 Å². The summed E-state index contributed by atoms with van der Waals surface area (Å²) in [6.45, 7) is 0.204. The van der Waals surface area contributed by atoms with E-state index in [9.17, 15) is 24.0 Å². The van der Waals surface area contributed by atoms with Gasteiger partial charge in [-0.05, 0) is 43.0 Å². The van der Waals surface area contributed by atoms with Crippen LogP contribution in [0.5, 0.6) is 0 Å². The zero-order chi connectivity index (χ0) is 27.9. The van der Waals surface area contributed by atoms with E-state index in [1.165, 1.54) is 6.07 Å². The monoisotopic (exact) mass is 571 g/mol. The molecule has 5 N–H and O–H groups in total. The van der Waals surface area contributed by atoms with Crippen molar-refractivity contribution in [1.29, 1.82) is 0 Å². The average molecular weight is 572 g/mol. The highest BCUT2D eigenvalue weighted by molar-refractivity contribution is 6.39. The number of rotatable bonds is 10. The van der Waals surface area contributed by atoms with Crippen molar-refractivity contribution < 1.29 is 24.0 Å². The molecule has 4 amide bonds. The smallest absolute Gasteiger partial charge is 0.289 e. The fourth-order valence-corrected chi connectivity index (χ4v) is 4.93. The second kappa shape index (κ2) is 12.8. The highest BCUT2D eigenvalue weighted by Crippen LogP contribution is 2.28. The molecule has 0 bridgehead atoms. The molecule has 1 saturated heterocycles. The summed E-state index contributed by atoms with van der Waals surface area (Å²) >= 11 is 12.2. The van der Waals surface area contributed by atoms with E-state index >= 15 is 0 Å². The summed E-state index contributed by atoms with van der Waals surface area (Å²) in [6.07, 6.45) is 1.21. The maximum Gasteiger partial charge on any atom is 0.289 e. The van der Waals surface area contributed by atoms with Crippen LogP contribution in [-0.2, 0) is 25.7 Å². The van der Waals surface area contributed by atoms with Crippen LogP contribution in [-0.4, -0.2) is 53.5 Å². The van der Waals surface area contributed by atoms with Gasteiger partial charge in [-0.15, -0.1) is 0 Å². The molecule has 1 aliphatic heterocycles. The Labute approximate surface area is 234 Å². The molecule has 3 aromatic rings. The lowest BCUT2D eigenvalue weighted by molar-refractivity contribution is -0.141. The van der Waals surface area contributed by atoms with E-state index in [2.05, 4.69) is 26.3 Å². The number of hydrogen-bond acceptors (Lipinski definition) is 5. The van der Waals surface area contributed by atoms with Gasteiger partial charge in [-0.1, -0.05) is 53.5 Å². The van der Waals surface area contributed by atoms with Crippen LogP contribution in [0.1, 0.15) is 35.3 Å². The molecule has 2 unspecified atom stereocenters. The summed E-state index contributed by atoms with van der Waals surface area (Å²) in [4.78, 5) is 66.2. The van der Waals surface area contributed by atoms with Gasteiger partial charge in [0.1, 0.15) is 5.69 Å². The highest BCUT2D eigenvalue weighted by atomic mass is 35.5. The maximum atomic E-state index is 13.0. The predicted octanol–water partition coefficient (Wildman–Crippen LogP) is 2.49. The Morgan fingerprint density at radius 3 is 2.54 bits per heavy atom. The normalized spacial score (nSPS) is 15.7. The second-order valence-corrected chi connectivity index (χ2v) is 10.1. The first-order valence-corrected chi connectivity index (χ1v) is 13.2. The molecular formula is C27H27Cl2N5O5. The number of aromatic amines is 1. The SMILES string of the molecule is O=C(CNC(=O)c1cc2c(Cl)cc(Cl)cc2[nH]1)NC(CC1CCCNC1=O)C(=O)C(=O)NCc1ccccc1. The topological polar surface area (TPSA) is 149 Å². The van der Waals surface area contributed by atoms with Gasteiger partial charge in [-0.2, -0.15) is 0 Å². The lowest BCUT2D eigenvalue weighted by Gasteiger charge is -2.26. The van der Waals surface area contributed by atoms with E-state index in [1.807, 2.05) is 18.2 Å². The number of nitrogens with one attached hydrogen (secondary N) is 5. The van der Waals surface area contributed by atoms with E-state index in [0.717, 1.165) is 12.0 Å². The summed E-state index contributed by atoms with van der Waals surface area (Å²) in [5.74, 6) is -3.78. The van der Waals surface area contributed by atoms with Crippen LogP contribution in [0.4, 0.5) is 0 Å². The van der Waals surface area contributed by atoms with E-state index in [4.69, 9.17) is 23.2 Å². The summed E-state index contributed by atoms with van der Waals surface area (Å²) in [7, 11) is 0. The Kier molecular flexibility index (Phi) is 9.21. The quantitative estimate of drug-likeness (QED) is 0.237. The molecule has 12 heteroatoms. The number of ketones is 1. The third-order valence-electron chi connectivity index (χ3n) is 6.40. The van der Waals surface area contributed by atoms with Crippen molar-refractivity contribution in [2.75, 3.05) is 13.1 Å². The summed E-state index contributed by atoms with van der Waals surface area (Å²) < 4.78 is 0. The molecule has 0 aliphatic carbocycles. The minimum absolute atomic E-state index is 0.0373. The Bertz CT molecular complexity index is 1410. The number of amides is 4. The average Bonchev–Trinajstić information content (AvgIpc) is 3.36. The summed E-state index contributed by atoms with van der Waals surface area (Å²) in [5, 5.41) is 11.7. The Balaban J connectivity index is 1.39. The first kappa shape index (κ1) is 28.1. The number of Topliss-reactive ketones (excluding diaryl/α,β-unsaturated/α-hetero) is 1. The zero-order valence-corrected chi connectivity index (χ0v) is 22.3. The van der Waals surface area contributed by atoms with E-state index in [1.54, 1.807) is 24.3 Å². The van der Waals surface area contributed by atoms with Gasteiger partial charge in [-0.3, -0.25) is 24.0 Å². The van der Waals surface area contributed by atoms with Gasteiger partial charge in [0.25, 0.3) is 11.8 Å². The van der Waals surface area contributed by atoms with Crippen molar-refractivity contribution in [2.45, 2.75) is 31.8 Å². The summed E-state index contributed by atoms with van der Waals surface area (Å²) in [5.41, 5.74) is 1.52. The van der Waals surface area contributed by atoms with Crippen molar-refractivity contribution in [2.24, 2.45) is 5.92 Å². The van der Waals surface area contributed by atoms with Gasteiger partial charge in [0.15, 0.2) is 0 Å². The number of carbonyl (C=O) groups is 5. The predicted molar refractivity (Wildman–Crippen MR) is 146 cm³/mol. The van der Waals surface area contributed by atoms with Crippen LogP contribution in [0.2, 0.25) is 10.0 Å². The third-order valence-corrected chi connectivity index (χ3v) is 6.93. The van der Waals surface area contributed by atoms with Gasteiger partial charge in [0, 0.05) is 34.9 Å². The first-order chi connectivity index (χ1) is 18.7. The lowest BCUT2D eigenvalue weighted by Crippen LogP contribution is -2.52. The molecule has 2 atom stereocenters. The molecule has 2 heterocycles. The third kappa shape index (κ3) is 7.36. The fraction of sp³-hybridized carbons (Fsp3) is 0.296. The van der Waals surface area contributed by atoms with Gasteiger partial charge in [0.05, 0.1) is 17.6 Å². The molecule has 0 saturated carbocycles. The molecule has 10 nitrogen and oxygen atoms in total. The highest BCUT2D eigenvalue weighted by Gasteiger charge is 2.33. The van der Waals surface area contributed by atoms with Crippen molar-refractivity contribution in [3.63, 3.8) is 0 Å². The molecular weight excluding hydrogens is 545 g/mol. The van der Waals surface area contributed by atoms with Crippen LogP contribution >= 0.6 is 23.2 Å². The largest absolute Gasteiger partial charge is 0.356 e. The fourth-order valence-electron chi connectivity index (χ4n) is 4.38. The Morgan fingerprint density at radius 2 is 1.79 bits per heavy atom. The number of H-pyrrole nitrogens is 1. The molecule has 4 rings (SSSR count). The van der Waals surface area contributed by atoms with Crippen LogP contribution in [0.15, 0.2) is 48.5 Å². The van der Waals surface area contributed by atoms with Crippen molar-refractivity contribution >= 4 is 63.5 Å². The van der Waals surface area contributed by atoms with E-state index < -0.39 is 42.0 Å². The molecule has 0 spiro atoms. The number of piperidine rings is 1. The van der Waals surface area contributed by atoms with E-state index in [-0.39, 0.29) is 24.6 Å². The first-order valence-electron chi connectivity index (χ1n) is 12.4. The van der Waals surface area contributed by atoms with Crippen molar-refractivity contribution in [3.8, 4) is 0 Å². The molecule has 1 aliphatic rings. The standard InChI is InChI=1S/C27H27Cl2N5O5/c28-17-10-19(29)18-12-22(33-20(18)11-17)26(38)32-14-23(35)34-21(9-16-7-4-8-30-25(16)37)24(36)27(39)31-13-15-5-2-1-3-6-15/h1-3,5-6,10-12,16,21,33H,4,7-9,13-14H2,(H,30,37)(H,31,39)(H,32,38)(H,34,35). The number of hydrogen-bond donors (Lipinski definition) is 5. The summed E-state index contributed by atoms with van der Waals surface area (Å²) in [6, 6.07) is 12.5. The molecule has 2 aromatic carbocycles. The maximum absolute atomic E-state index is 13.0. The number of benzene rings is 2. The van der Waals surface area contributed by atoms with Gasteiger partial charge >= 0.3 is 0 Å². The molecule has 0 radical (unpaired) electrons. The minimum Gasteiger partial charge on any atom is -0.356 e. The van der Waals surface area contributed by atoms with E-state index in [0.29, 0.717) is 33.9 Å². The van der Waals surface area contributed by atoms with Crippen LogP contribution in [0.3, 0.4) is 0 Å². The Morgan fingerprint density at radius 1 is 1.03 bits per heavy atom. The van der Waals surface area contributed by atoms with Crippen molar-refractivity contribution in [1.82, 2.24) is 26.3 Å². The molecule has 204 valence electrons. The minimum atomic E-state index is -1.24. The lowest BCUT2D eigenvalue weighted by atomic mass is 9.90. The van der Waals surface area contributed by atoms with Gasteiger partial charge in [0.2, 0.25) is 17.6 Å². The zero-order valence-electron chi connectivity index (χ0n) is 20.8. The van der Waals surface area contributed by atoms with Gasteiger partial charge in [-0.25, -0.2) is 0 Å². The van der Waals surface area contributed by atoms with Crippen LogP contribution in [0, 0.1) is 5.92 Å². The molecule has 1 aromatic heterocycles. The van der Waals surface area contributed by atoms with Crippen LogP contribution < -0.4 is 21.3 Å². The number of fused-ring (bicyclic) bond motifs is 1. The number of halogens is 2. The van der Waals surface area contributed by atoms with Crippen LogP contribution in [0.25, 0.3) is 10.9 Å². The second-order valence-electron chi connectivity index (χ2n) is 9.23. The molecule has 1 fully saturated rings. The molecule has 39 heavy (non-hydrogen) atoms. The Hall–Kier alpha value is -3.89. The number of aromatic nitrogens is 1.